The molecule has 5 nitrogen and oxygen atoms in total. The number of rotatable bonds is 2. The van der Waals surface area contributed by atoms with Gasteiger partial charge in [0, 0.05) is 26.4 Å². The third-order valence-corrected chi connectivity index (χ3v) is 1.89. The number of carbonyl (C=O) groups excluding carboxylic acids is 2. The summed E-state index contributed by atoms with van der Waals surface area (Å²) in [6.07, 6.45) is 0.815. The molecule has 1 aliphatic rings. The fourth-order valence-corrected chi connectivity index (χ4v) is 1.16. The maximum Gasteiger partial charge on any atom is 0.267 e. The van der Waals surface area contributed by atoms with Gasteiger partial charge in [-0.05, 0) is 6.92 Å². The van der Waals surface area contributed by atoms with Gasteiger partial charge in [-0.25, -0.2) is 5.01 Å². The average molecular weight is 183 g/mol. The molecule has 0 aromatic heterocycles. The van der Waals surface area contributed by atoms with Crippen LogP contribution < -0.4 is 5.32 Å². The zero-order valence-electron chi connectivity index (χ0n) is 7.83. The van der Waals surface area contributed by atoms with E-state index in [0.717, 1.165) is 0 Å². The lowest BCUT2D eigenvalue weighted by Crippen LogP contribution is -2.37. The van der Waals surface area contributed by atoms with Crippen molar-refractivity contribution in [3.8, 4) is 0 Å². The van der Waals surface area contributed by atoms with Crippen LogP contribution in [-0.4, -0.2) is 36.1 Å². The lowest BCUT2D eigenvalue weighted by molar-refractivity contribution is -0.131. The number of amides is 2. The summed E-state index contributed by atoms with van der Waals surface area (Å²) in [5.41, 5.74) is 0.434. The first-order valence-corrected chi connectivity index (χ1v) is 4.29. The minimum Gasteiger partial charge on any atom is -0.354 e. The third-order valence-electron chi connectivity index (χ3n) is 1.89. The SMILES string of the molecule is CCN1N=C(C(=O)NC)CCC1=O. The summed E-state index contributed by atoms with van der Waals surface area (Å²) < 4.78 is 0. The van der Waals surface area contributed by atoms with Crippen LogP contribution in [-0.2, 0) is 9.59 Å². The molecule has 0 saturated carbocycles. The Kier molecular flexibility index (Phi) is 3.00. The van der Waals surface area contributed by atoms with Crippen molar-refractivity contribution in [1.82, 2.24) is 10.3 Å². The van der Waals surface area contributed by atoms with Gasteiger partial charge in [-0.15, -0.1) is 0 Å². The summed E-state index contributed by atoms with van der Waals surface area (Å²) in [7, 11) is 1.55. The lowest BCUT2D eigenvalue weighted by Gasteiger charge is -2.21. The second-order valence-electron chi connectivity index (χ2n) is 2.74. The molecule has 0 aromatic carbocycles. The van der Waals surface area contributed by atoms with Crippen LogP contribution in [0.1, 0.15) is 19.8 Å². The van der Waals surface area contributed by atoms with Gasteiger partial charge in [0.15, 0.2) is 0 Å². The van der Waals surface area contributed by atoms with Gasteiger partial charge in [-0.2, -0.15) is 5.10 Å². The molecule has 72 valence electrons. The van der Waals surface area contributed by atoms with Crippen LogP contribution in [0.5, 0.6) is 0 Å². The summed E-state index contributed by atoms with van der Waals surface area (Å²) in [4.78, 5) is 22.3. The highest BCUT2D eigenvalue weighted by atomic mass is 16.2. The molecule has 13 heavy (non-hydrogen) atoms. The monoisotopic (exact) mass is 183 g/mol. The minimum absolute atomic E-state index is 0.0184. The highest BCUT2D eigenvalue weighted by Crippen LogP contribution is 2.08. The lowest BCUT2D eigenvalue weighted by atomic mass is 10.1. The molecule has 0 saturated heterocycles. The molecule has 0 fully saturated rings. The van der Waals surface area contributed by atoms with Crippen LogP contribution in [0.3, 0.4) is 0 Å². The van der Waals surface area contributed by atoms with Gasteiger partial charge in [0.25, 0.3) is 5.91 Å². The van der Waals surface area contributed by atoms with Crippen LogP contribution in [0.15, 0.2) is 5.10 Å². The normalized spacial score (nSPS) is 16.9. The molecule has 0 spiro atoms. The van der Waals surface area contributed by atoms with E-state index in [1.54, 1.807) is 7.05 Å². The quantitative estimate of drug-likeness (QED) is 0.640. The van der Waals surface area contributed by atoms with Crippen LogP contribution >= 0.6 is 0 Å². The molecular formula is C8H13N3O2. The van der Waals surface area contributed by atoms with Crippen molar-refractivity contribution < 1.29 is 9.59 Å². The van der Waals surface area contributed by atoms with E-state index in [1.807, 2.05) is 6.92 Å². The van der Waals surface area contributed by atoms with E-state index < -0.39 is 0 Å². The summed E-state index contributed by atoms with van der Waals surface area (Å²) in [6.45, 7) is 2.34. The number of carbonyl (C=O) groups is 2. The molecule has 0 aliphatic carbocycles. The molecule has 1 aliphatic heterocycles. The first-order chi connectivity index (χ1) is 6.19. The van der Waals surface area contributed by atoms with Gasteiger partial charge >= 0.3 is 0 Å². The third kappa shape index (κ3) is 2.05. The largest absolute Gasteiger partial charge is 0.354 e. The van der Waals surface area contributed by atoms with Crippen LogP contribution in [0.2, 0.25) is 0 Å². The fourth-order valence-electron chi connectivity index (χ4n) is 1.16. The van der Waals surface area contributed by atoms with Gasteiger partial charge < -0.3 is 5.32 Å². The molecule has 1 heterocycles. The molecule has 0 unspecified atom stereocenters. The topological polar surface area (TPSA) is 61.8 Å². The first kappa shape index (κ1) is 9.70. The Morgan fingerprint density at radius 2 is 2.31 bits per heavy atom. The molecule has 5 heteroatoms. The van der Waals surface area contributed by atoms with Crippen molar-refractivity contribution in [2.45, 2.75) is 19.8 Å². The molecule has 0 radical (unpaired) electrons. The van der Waals surface area contributed by atoms with Crippen molar-refractivity contribution in [1.29, 1.82) is 0 Å². The van der Waals surface area contributed by atoms with E-state index in [-0.39, 0.29) is 11.8 Å². The Morgan fingerprint density at radius 1 is 1.62 bits per heavy atom. The Balaban J connectivity index is 2.77. The van der Waals surface area contributed by atoms with E-state index in [2.05, 4.69) is 10.4 Å². The maximum absolute atomic E-state index is 11.2. The Hall–Kier alpha value is -1.39. The van der Waals surface area contributed by atoms with Crippen molar-refractivity contribution in [3.05, 3.63) is 0 Å². The highest BCUT2D eigenvalue weighted by molar-refractivity contribution is 6.39. The Labute approximate surface area is 76.8 Å². The van der Waals surface area contributed by atoms with E-state index in [0.29, 0.717) is 25.1 Å². The smallest absolute Gasteiger partial charge is 0.267 e. The van der Waals surface area contributed by atoms with Crippen LogP contribution in [0, 0.1) is 0 Å². The van der Waals surface area contributed by atoms with Crippen molar-refractivity contribution in [2.75, 3.05) is 13.6 Å². The number of nitrogens with zero attached hydrogens (tertiary/aromatic N) is 2. The zero-order valence-corrected chi connectivity index (χ0v) is 7.83. The van der Waals surface area contributed by atoms with Gasteiger partial charge in [-0.1, -0.05) is 0 Å². The zero-order chi connectivity index (χ0) is 9.84. The first-order valence-electron chi connectivity index (χ1n) is 4.29. The highest BCUT2D eigenvalue weighted by Gasteiger charge is 2.22. The van der Waals surface area contributed by atoms with Gasteiger partial charge in [0.05, 0.1) is 0 Å². The standard InChI is InChI=1S/C8H13N3O2/c1-3-11-7(12)5-4-6(10-11)8(13)9-2/h3-5H2,1-2H3,(H,9,13). The number of hydrogen-bond donors (Lipinski definition) is 1. The Bertz CT molecular complexity index is 260. The van der Waals surface area contributed by atoms with Crippen molar-refractivity contribution in [3.63, 3.8) is 0 Å². The summed E-state index contributed by atoms with van der Waals surface area (Å²) in [5.74, 6) is -0.221. The van der Waals surface area contributed by atoms with Crippen LogP contribution in [0.25, 0.3) is 0 Å². The Morgan fingerprint density at radius 3 is 2.85 bits per heavy atom. The van der Waals surface area contributed by atoms with E-state index in [4.69, 9.17) is 0 Å². The molecule has 0 bridgehead atoms. The molecule has 1 N–H and O–H groups in total. The second-order valence-corrected chi connectivity index (χ2v) is 2.74. The van der Waals surface area contributed by atoms with E-state index >= 15 is 0 Å². The molecule has 1 rings (SSSR count). The van der Waals surface area contributed by atoms with Gasteiger partial charge in [-0.3, -0.25) is 9.59 Å². The predicted octanol–water partition coefficient (Wildman–Crippen LogP) is -0.269. The minimum atomic E-state index is -0.203. The van der Waals surface area contributed by atoms with Crippen molar-refractivity contribution >= 4 is 17.5 Å². The van der Waals surface area contributed by atoms with Crippen LogP contribution in [0.4, 0.5) is 0 Å². The second kappa shape index (κ2) is 4.02. The number of hydrogen-bond acceptors (Lipinski definition) is 3. The number of nitrogens with one attached hydrogen (secondary N) is 1. The van der Waals surface area contributed by atoms with Gasteiger partial charge in [0.2, 0.25) is 5.91 Å². The van der Waals surface area contributed by atoms with E-state index in [1.165, 1.54) is 5.01 Å². The molecular weight excluding hydrogens is 170 g/mol. The molecule has 0 atom stereocenters. The fraction of sp³-hybridized carbons (Fsp3) is 0.625. The average Bonchev–Trinajstić information content (AvgIpc) is 2.17. The number of hydrazone groups is 1. The summed E-state index contributed by atoms with van der Waals surface area (Å²) in [5, 5.41) is 7.75. The van der Waals surface area contributed by atoms with Gasteiger partial charge in [0.1, 0.15) is 5.71 Å². The molecule has 0 aromatic rings. The van der Waals surface area contributed by atoms with Crippen molar-refractivity contribution in [2.24, 2.45) is 5.10 Å². The van der Waals surface area contributed by atoms with E-state index in [9.17, 15) is 9.59 Å². The maximum atomic E-state index is 11.2. The predicted molar refractivity (Wildman–Crippen MR) is 48.1 cm³/mol. The summed E-state index contributed by atoms with van der Waals surface area (Å²) >= 11 is 0. The molecule has 2 amide bonds. The summed E-state index contributed by atoms with van der Waals surface area (Å²) in [6, 6.07) is 0.